The van der Waals surface area contributed by atoms with Crippen molar-refractivity contribution in [2.24, 2.45) is 5.92 Å². The van der Waals surface area contributed by atoms with Crippen LogP contribution < -0.4 is 5.32 Å². The molecule has 1 saturated carbocycles. The van der Waals surface area contributed by atoms with Crippen LogP contribution in [0.15, 0.2) is 0 Å². The van der Waals surface area contributed by atoms with Crippen LogP contribution in [0.2, 0.25) is 0 Å². The first kappa shape index (κ1) is 10.9. The Hall–Kier alpha value is -0.610. The van der Waals surface area contributed by atoms with E-state index in [0.717, 1.165) is 52.0 Å². The van der Waals surface area contributed by atoms with Crippen LogP contribution in [0.25, 0.3) is 0 Å². The van der Waals surface area contributed by atoms with E-state index in [4.69, 9.17) is 4.74 Å². The van der Waals surface area contributed by atoms with Crippen molar-refractivity contribution in [1.82, 2.24) is 10.2 Å². The highest BCUT2D eigenvalue weighted by atomic mass is 16.5. The molecule has 0 unspecified atom stereocenters. The minimum atomic E-state index is 0.334. The molecule has 0 aromatic rings. The molecule has 0 spiro atoms. The molecule has 0 radical (unpaired) electrons. The second kappa shape index (κ2) is 5.47. The third-order valence-electron chi connectivity index (χ3n) is 2.95. The highest BCUT2D eigenvalue weighted by molar-refractivity contribution is 5.81. The fourth-order valence-electron chi connectivity index (χ4n) is 1.86. The zero-order chi connectivity index (χ0) is 10.5. The van der Waals surface area contributed by atoms with Crippen molar-refractivity contribution in [3.8, 4) is 0 Å². The van der Waals surface area contributed by atoms with Gasteiger partial charge in [0.05, 0.1) is 13.2 Å². The molecule has 1 aliphatic carbocycles. The molecule has 1 amide bonds. The first-order valence-electron chi connectivity index (χ1n) is 5.95. The molecule has 2 aliphatic rings. The van der Waals surface area contributed by atoms with Gasteiger partial charge < -0.3 is 15.0 Å². The Morgan fingerprint density at radius 1 is 1.20 bits per heavy atom. The van der Waals surface area contributed by atoms with Gasteiger partial charge in [-0.25, -0.2) is 0 Å². The lowest BCUT2D eigenvalue weighted by Crippen LogP contribution is -2.38. The molecule has 0 aromatic carbocycles. The number of nitrogens with one attached hydrogen (secondary N) is 1. The molecular formula is C11H20N2O2. The van der Waals surface area contributed by atoms with E-state index in [0.29, 0.717) is 18.4 Å². The third kappa shape index (κ3) is 3.47. The molecule has 0 bridgehead atoms. The van der Waals surface area contributed by atoms with E-state index in [1.807, 2.05) is 4.90 Å². The molecule has 1 N–H and O–H groups in total. The van der Waals surface area contributed by atoms with Crippen molar-refractivity contribution >= 4 is 5.91 Å². The molecule has 1 aliphatic heterocycles. The van der Waals surface area contributed by atoms with Crippen LogP contribution in [0.1, 0.15) is 19.3 Å². The van der Waals surface area contributed by atoms with Gasteiger partial charge in [-0.15, -0.1) is 0 Å². The number of ether oxygens (including phenoxy) is 1. The van der Waals surface area contributed by atoms with Gasteiger partial charge in [0.2, 0.25) is 5.91 Å². The van der Waals surface area contributed by atoms with E-state index in [1.165, 1.54) is 0 Å². The Morgan fingerprint density at radius 2 is 2.07 bits per heavy atom. The number of carbonyl (C=O) groups excluding carboxylic acids is 1. The normalized spacial score (nSPS) is 24.9. The maximum atomic E-state index is 11.9. The summed E-state index contributed by atoms with van der Waals surface area (Å²) < 4.78 is 5.43. The van der Waals surface area contributed by atoms with Gasteiger partial charge in [0.25, 0.3) is 0 Å². The Labute approximate surface area is 91.0 Å². The van der Waals surface area contributed by atoms with Gasteiger partial charge in [-0.05, 0) is 25.8 Å². The molecule has 0 atom stereocenters. The first-order valence-corrected chi connectivity index (χ1v) is 5.95. The second-order valence-corrected chi connectivity index (χ2v) is 4.32. The average molecular weight is 212 g/mol. The summed E-state index contributed by atoms with van der Waals surface area (Å²) in [5.74, 6) is 0.681. The van der Waals surface area contributed by atoms with Crippen molar-refractivity contribution in [3.63, 3.8) is 0 Å². The van der Waals surface area contributed by atoms with Gasteiger partial charge in [-0.3, -0.25) is 4.79 Å². The maximum absolute atomic E-state index is 11.9. The molecule has 4 nitrogen and oxygen atoms in total. The molecule has 1 heterocycles. The van der Waals surface area contributed by atoms with E-state index < -0.39 is 0 Å². The van der Waals surface area contributed by atoms with Crippen LogP contribution in [0.4, 0.5) is 0 Å². The smallest absolute Gasteiger partial charge is 0.225 e. The van der Waals surface area contributed by atoms with Crippen LogP contribution in [0, 0.1) is 5.92 Å². The van der Waals surface area contributed by atoms with Crippen LogP contribution in [-0.2, 0) is 9.53 Å². The lowest BCUT2D eigenvalue weighted by atomic mass is 10.3. The van der Waals surface area contributed by atoms with Gasteiger partial charge >= 0.3 is 0 Å². The summed E-state index contributed by atoms with van der Waals surface area (Å²) in [6, 6.07) is 0. The van der Waals surface area contributed by atoms with Crippen molar-refractivity contribution < 1.29 is 9.53 Å². The summed E-state index contributed by atoms with van der Waals surface area (Å²) in [6.07, 6.45) is 3.24. The fourth-order valence-corrected chi connectivity index (χ4v) is 1.86. The first-order chi connectivity index (χ1) is 7.38. The van der Waals surface area contributed by atoms with Crippen molar-refractivity contribution in [3.05, 3.63) is 0 Å². The zero-order valence-corrected chi connectivity index (χ0v) is 9.21. The quantitative estimate of drug-likeness (QED) is 0.677. The van der Waals surface area contributed by atoms with Gasteiger partial charge in [0.1, 0.15) is 0 Å². The van der Waals surface area contributed by atoms with Gasteiger partial charge in [0, 0.05) is 25.6 Å². The monoisotopic (exact) mass is 212 g/mol. The standard InChI is InChI=1S/C11H20N2O2/c14-11(10-2-3-10)13-6-1-4-12-5-8-15-9-7-13/h10,12H,1-9H2. The van der Waals surface area contributed by atoms with Gasteiger partial charge in [0.15, 0.2) is 0 Å². The molecular weight excluding hydrogens is 192 g/mol. The highest BCUT2D eigenvalue weighted by Gasteiger charge is 2.32. The van der Waals surface area contributed by atoms with Crippen LogP contribution in [-0.4, -0.2) is 50.2 Å². The van der Waals surface area contributed by atoms with Gasteiger partial charge in [-0.1, -0.05) is 0 Å². The van der Waals surface area contributed by atoms with Crippen LogP contribution in [0.3, 0.4) is 0 Å². The maximum Gasteiger partial charge on any atom is 0.225 e. The number of amides is 1. The predicted octanol–water partition coefficient (Wildman–Crippen LogP) is 0.235. The summed E-state index contributed by atoms with van der Waals surface area (Å²) in [5.41, 5.74) is 0. The van der Waals surface area contributed by atoms with Crippen LogP contribution in [0.5, 0.6) is 0 Å². The summed E-state index contributed by atoms with van der Waals surface area (Å²) in [6.45, 7) is 5.00. The molecule has 2 fully saturated rings. The Kier molecular flexibility index (Phi) is 3.97. The molecule has 0 aromatic heterocycles. The van der Waals surface area contributed by atoms with Crippen molar-refractivity contribution in [2.75, 3.05) is 39.4 Å². The van der Waals surface area contributed by atoms with E-state index in [2.05, 4.69) is 5.32 Å². The number of hydrogen-bond acceptors (Lipinski definition) is 3. The van der Waals surface area contributed by atoms with E-state index in [9.17, 15) is 4.79 Å². The predicted molar refractivity (Wildman–Crippen MR) is 57.6 cm³/mol. The minimum Gasteiger partial charge on any atom is -0.378 e. The lowest BCUT2D eigenvalue weighted by molar-refractivity contribution is -0.133. The molecule has 1 saturated heterocycles. The fraction of sp³-hybridized carbons (Fsp3) is 0.909. The lowest BCUT2D eigenvalue weighted by Gasteiger charge is -2.24. The molecule has 15 heavy (non-hydrogen) atoms. The topological polar surface area (TPSA) is 41.6 Å². The SMILES string of the molecule is O=C(C1CC1)N1CCCNCCOCC1. The molecule has 2 rings (SSSR count). The second-order valence-electron chi connectivity index (χ2n) is 4.32. The van der Waals surface area contributed by atoms with Gasteiger partial charge in [-0.2, -0.15) is 0 Å². The van der Waals surface area contributed by atoms with Crippen molar-refractivity contribution in [2.45, 2.75) is 19.3 Å². The minimum absolute atomic E-state index is 0.334. The average Bonchev–Trinajstić information content (AvgIpc) is 3.08. The number of rotatable bonds is 1. The highest BCUT2D eigenvalue weighted by Crippen LogP contribution is 2.30. The molecule has 86 valence electrons. The Balaban J connectivity index is 1.80. The van der Waals surface area contributed by atoms with E-state index >= 15 is 0 Å². The van der Waals surface area contributed by atoms with E-state index in [1.54, 1.807) is 0 Å². The summed E-state index contributed by atoms with van der Waals surface area (Å²) in [5, 5.41) is 3.30. The number of hydrogen-bond donors (Lipinski definition) is 1. The number of nitrogens with zero attached hydrogens (tertiary/aromatic N) is 1. The Bertz CT molecular complexity index is 207. The molecule has 4 heteroatoms. The third-order valence-corrected chi connectivity index (χ3v) is 2.95. The largest absolute Gasteiger partial charge is 0.378 e. The Morgan fingerprint density at radius 3 is 2.87 bits per heavy atom. The zero-order valence-electron chi connectivity index (χ0n) is 9.21. The summed E-state index contributed by atoms with van der Waals surface area (Å²) in [4.78, 5) is 13.9. The van der Waals surface area contributed by atoms with Crippen molar-refractivity contribution in [1.29, 1.82) is 0 Å². The van der Waals surface area contributed by atoms with E-state index in [-0.39, 0.29) is 0 Å². The number of carbonyl (C=O) groups is 1. The summed E-state index contributed by atoms with van der Waals surface area (Å²) >= 11 is 0. The van der Waals surface area contributed by atoms with Crippen LogP contribution >= 0.6 is 0 Å². The summed E-state index contributed by atoms with van der Waals surface area (Å²) in [7, 11) is 0.